The van der Waals surface area contributed by atoms with Gasteiger partial charge >= 0.3 is 6.18 Å². The average Bonchev–Trinajstić information content (AvgIpc) is 2.23. The van der Waals surface area contributed by atoms with Crippen LogP contribution in [0.25, 0.3) is 0 Å². The third-order valence-corrected chi connectivity index (χ3v) is 2.13. The van der Waals surface area contributed by atoms with E-state index >= 15 is 0 Å². The Balaban J connectivity index is 2.93. The summed E-state index contributed by atoms with van der Waals surface area (Å²) >= 11 is 5.63. The molecule has 0 aliphatic rings. The average molecular weight is 268 g/mol. The highest BCUT2D eigenvalue weighted by Crippen LogP contribution is 2.19. The Morgan fingerprint density at radius 3 is 2.76 bits per heavy atom. The van der Waals surface area contributed by atoms with Gasteiger partial charge in [-0.25, -0.2) is 4.68 Å². The van der Waals surface area contributed by atoms with Crippen molar-refractivity contribution in [3.05, 3.63) is 34.2 Å². The second-order valence-corrected chi connectivity index (χ2v) is 3.49. The molecule has 1 heterocycles. The second-order valence-electron chi connectivity index (χ2n) is 3.12. The van der Waals surface area contributed by atoms with Crippen molar-refractivity contribution in [2.24, 2.45) is 0 Å². The number of anilines is 1. The number of alkyl halides is 3. The summed E-state index contributed by atoms with van der Waals surface area (Å²) in [6.45, 7) is 2.27. The fourth-order valence-electron chi connectivity index (χ4n) is 1.04. The van der Waals surface area contributed by atoms with Crippen molar-refractivity contribution in [2.75, 3.05) is 11.9 Å². The van der Waals surface area contributed by atoms with Gasteiger partial charge in [-0.15, -0.1) is 6.58 Å². The number of hydrogen-bond acceptors (Lipinski definition) is 3. The number of nitrogens with zero attached hydrogens (tertiary/aromatic N) is 2. The topological polar surface area (TPSA) is 46.9 Å². The van der Waals surface area contributed by atoms with E-state index in [1.165, 1.54) is 6.08 Å². The molecule has 0 radical (unpaired) electrons. The molecule has 17 heavy (non-hydrogen) atoms. The maximum absolute atomic E-state index is 12.0. The summed E-state index contributed by atoms with van der Waals surface area (Å²) in [7, 11) is 0. The molecule has 0 aromatic carbocycles. The molecule has 8 heteroatoms. The van der Waals surface area contributed by atoms with Crippen LogP contribution in [0, 0.1) is 0 Å². The Kier molecular flexibility index (Phi) is 4.17. The van der Waals surface area contributed by atoms with Gasteiger partial charge in [0.15, 0.2) is 0 Å². The fourth-order valence-corrected chi connectivity index (χ4v) is 1.25. The van der Waals surface area contributed by atoms with Gasteiger partial charge in [0.1, 0.15) is 11.6 Å². The lowest BCUT2D eigenvalue weighted by atomic mass is 10.4. The number of halogens is 4. The minimum atomic E-state index is -4.39. The van der Waals surface area contributed by atoms with Gasteiger partial charge < -0.3 is 5.32 Å². The number of hydrogen-bond donors (Lipinski definition) is 1. The van der Waals surface area contributed by atoms with Crippen LogP contribution in [0.2, 0.25) is 5.02 Å². The first kappa shape index (κ1) is 13.6. The first-order chi connectivity index (χ1) is 7.85. The first-order valence-corrected chi connectivity index (χ1v) is 4.90. The summed E-state index contributed by atoms with van der Waals surface area (Å²) in [4.78, 5) is 11.5. The second kappa shape index (κ2) is 5.22. The predicted molar refractivity (Wildman–Crippen MR) is 58.2 cm³/mol. The standard InChI is InChI=1S/C9H9ClF3N3O/c1-2-3-16-8(17)7(10)6(4-15-16)14-5-9(11,12)13/h2,4,14H,1,3,5H2. The van der Waals surface area contributed by atoms with E-state index in [1.807, 2.05) is 5.32 Å². The highest BCUT2D eigenvalue weighted by atomic mass is 35.5. The van der Waals surface area contributed by atoms with Gasteiger partial charge in [0, 0.05) is 0 Å². The zero-order chi connectivity index (χ0) is 13.1. The molecule has 0 bridgehead atoms. The van der Waals surface area contributed by atoms with Gasteiger partial charge in [0.2, 0.25) is 0 Å². The minimum absolute atomic E-state index is 0.137. The first-order valence-electron chi connectivity index (χ1n) is 4.52. The van der Waals surface area contributed by atoms with Gasteiger partial charge in [-0.2, -0.15) is 18.3 Å². The summed E-state index contributed by atoms with van der Waals surface area (Å²) in [6.07, 6.45) is -1.90. The number of aromatic nitrogens is 2. The van der Waals surface area contributed by atoms with Gasteiger partial charge in [0.25, 0.3) is 5.56 Å². The SMILES string of the molecule is C=CCn1ncc(NCC(F)(F)F)c(Cl)c1=O. The number of rotatable bonds is 4. The lowest BCUT2D eigenvalue weighted by Gasteiger charge is -2.11. The summed E-state index contributed by atoms with van der Waals surface area (Å²) in [5.41, 5.74) is -0.812. The summed E-state index contributed by atoms with van der Waals surface area (Å²) < 4.78 is 36.8. The van der Waals surface area contributed by atoms with E-state index in [2.05, 4.69) is 11.7 Å². The van der Waals surface area contributed by atoms with Crippen LogP contribution in [-0.2, 0) is 6.54 Å². The highest BCUT2D eigenvalue weighted by molar-refractivity contribution is 6.32. The zero-order valence-corrected chi connectivity index (χ0v) is 9.35. The molecule has 0 unspecified atom stereocenters. The van der Waals surface area contributed by atoms with Crippen LogP contribution < -0.4 is 10.9 Å². The molecule has 0 fully saturated rings. The Labute approximate surface area is 99.7 Å². The van der Waals surface area contributed by atoms with Gasteiger partial charge in [-0.3, -0.25) is 4.79 Å². The smallest absolute Gasteiger partial charge is 0.374 e. The molecule has 1 aromatic heterocycles. The van der Waals surface area contributed by atoms with E-state index in [0.29, 0.717) is 0 Å². The van der Waals surface area contributed by atoms with Crippen LogP contribution in [0.1, 0.15) is 0 Å². The van der Waals surface area contributed by atoms with E-state index < -0.39 is 18.3 Å². The summed E-state index contributed by atoms with van der Waals surface area (Å²) in [5, 5.41) is 5.32. The molecule has 94 valence electrons. The molecular weight excluding hydrogens is 259 g/mol. The number of allylic oxidation sites excluding steroid dienone is 1. The van der Waals surface area contributed by atoms with Crippen molar-refractivity contribution in [1.82, 2.24) is 9.78 Å². The van der Waals surface area contributed by atoms with Crippen molar-refractivity contribution in [1.29, 1.82) is 0 Å². The van der Waals surface area contributed by atoms with Gasteiger partial charge in [-0.1, -0.05) is 17.7 Å². The van der Waals surface area contributed by atoms with Crippen molar-refractivity contribution < 1.29 is 13.2 Å². The normalized spacial score (nSPS) is 11.3. The zero-order valence-electron chi connectivity index (χ0n) is 8.59. The van der Waals surface area contributed by atoms with Crippen molar-refractivity contribution in [3.63, 3.8) is 0 Å². The molecule has 0 saturated carbocycles. The van der Waals surface area contributed by atoms with Crippen LogP contribution in [0.5, 0.6) is 0 Å². The van der Waals surface area contributed by atoms with E-state index in [0.717, 1.165) is 10.9 Å². The molecule has 0 aliphatic heterocycles. The largest absolute Gasteiger partial charge is 0.405 e. The third-order valence-electron chi connectivity index (χ3n) is 1.77. The number of nitrogens with one attached hydrogen (secondary N) is 1. The van der Waals surface area contributed by atoms with E-state index in [-0.39, 0.29) is 17.3 Å². The van der Waals surface area contributed by atoms with E-state index in [1.54, 1.807) is 0 Å². The van der Waals surface area contributed by atoms with Crippen LogP contribution in [-0.4, -0.2) is 22.5 Å². The van der Waals surface area contributed by atoms with Crippen molar-refractivity contribution in [2.45, 2.75) is 12.7 Å². The van der Waals surface area contributed by atoms with Gasteiger partial charge in [0.05, 0.1) is 18.4 Å². The predicted octanol–water partition coefficient (Wildman–Crippen LogP) is 2.06. The monoisotopic (exact) mass is 267 g/mol. The highest BCUT2D eigenvalue weighted by Gasteiger charge is 2.27. The molecule has 1 rings (SSSR count). The van der Waals surface area contributed by atoms with Crippen LogP contribution in [0.3, 0.4) is 0 Å². The molecule has 1 aromatic rings. The molecule has 0 amide bonds. The Morgan fingerprint density at radius 2 is 2.24 bits per heavy atom. The maximum Gasteiger partial charge on any atom is 0.405 e. The Hall–Kier alpha value is -1.50. The molecule has 0 saturated heterocycles. The van der Waals surface area contributed by atoms with Crippen molar-refractivity contribution >= 4 is 17.3 Å². The fraction of sp³-hybridized carbons (Fsp3) is 0.333. The molecule has 1 N–H and O–H groups in total. The summed E-state index contributed by atoms with van der Waals surface area (Å²) in [6, 6.07) is 0. The Morgan fingerprint density at radius 1 is 1.59 bits per heavy atom. The lowest BCUT2D eigenvalue weighted by molar-refractivity contribution is -0.115. The van der Waals surface area contributed by atoms with Crippen LogP contribution in [0.15, 0.2) is 23.6 Å². The van der Waals surface area contributed by atoms with Crippen molar-refractivity contribution in [3.8, 4) is 0 Å². The lowest BCUT2D eigenvalue weighted by Crippen LogP contribution is -2.26. The molecular formula is C9H9ClF3N3O. The molecule has 0 atom stereocenters. The molecule has 0 spiro atoms. The Bertz CT molecular complexity index is 470. The maximum atomic E-state index is 12.0. The van der Waals surface area contributed by atoms with Gasteiger partial charge in [-0.05, 0) is 0 Å². The quantitative estimate of drug-likeness (QED) is 0.850. The summed E-state index contributed by atoms with van der Waals surface area (Å²) in [5.74, 6) is 0. The minimum Gasteiger partial charge on any atom is -0.374 e. The van der Waals surface area contributed by atoms with Crippen LogP contribution in [0.4, 0.5) is 18.9 Å². The van der Waals surface area contributed by atoms with E-state index in [4.69, 9.17) is 11.6 Å². The molecule has 0 aliphatic carbocycles. The van der Waals surface area contributed by atoms with Crippen LogP contribution >= 0.6 is 11.6 Å². The van der Waals surface area contributed by atoms with E-state index in [9.17, 15) is 18.0 Å². The third kappa shape index (κ3) is 3.77. The molecule has 4 nitrogen and oxygen atoms in total.